The van der Waals surface area contributed by atoms with E-state index in [1.165, 1.54) is 6.20 Å². The molecule has 7 nitrogen and oxygen atoms in total. The number of aliphatic hydroxyl groups excluding tert-OH is 2. The highest BCUT2D eigenvalue weighted by molar-refractivity contribution is 7.71. The highest BCUT2D eigenvalue weighted by atomic mass is 32.1. The molecule has 0 amide bonds. The molecule has 0 bridgehead atoms. The Morgan fingerprint density at radius 2 is 2.22 bits per heavy atom. The van der Waals surface area contributed by atoms with Gasteiger partial charge in [0.2, 0.25) is 11.7 Å². The lowest BCUT2D eigenvalue weighted by atomic mass is 10.0. The van der Waals surface area contributed by atoms with E-state index in [0.29, 0.717) is 6.42 Å². The molecule has 0 saturated carbocycles. The number of ether oxygens (including phenoxy) is 1. The van der Waals surface area contributed by atoms with Crippen molar-refractivity contribution in [1.82, 2.24) is 14.4 Å². The van der Waals surface area contributed by atoms with Gasteiger partial charge in [0.25, 0.3) is 5.56 Å². The van der Waals surface area contributed by atoms with Gasteiger partial charge in [-0.2, -0.15) is 4.39 Å². The number of aromatic amines is 1. The smallest absolute Gasteiger partial charge is 0.255 e. The number of nitrogens with one attached hydrogen (secondary N) is 1. The summed E-state index contributed by atoms with van der Waals surface area (Å²) in [5.41, 5.74) is -0.346. The maximum absolute atomic E-state index is 13.9. The van der Waals surface area contributed by atoms with Gasteiger partial charge in [-0.05, 0) is 6.42 Å². The van der Waals surface area contributed by atoms with E-state index in [4.69, 9.17) is 17.0 Å². The Morgan fingerprint density at radius 3 is 2.91 bits per heavy atom. The third-order valence-corrected chi connectivity index (χ3v) is 4.24. The lowest BCUT2D eigenvalue weighted by Crippen LogP contribution is -2.30. The minimum Gasteiger partial charge on any atom is -0.388 e. The van der Waals surface area contributed by atoms with Gasteiger partial charge in [-0.1, -0.05) is 25.6 Å². The molecule has 4 atom stereocenters. The summed E-state index contributed by atoms with van der Waals surface area (Å²) >= 11 is 5.16. The topological polar surface area (TPSA) is 99.9 Å². The Morgan fingerprint density at radius 1 is 1.48 bits per heavy atom. The molecule has 2 aromatic rings. The van der Waals surface area contributed by atoms with Crippen LogP contribution in [0.3, 0.4) is 0 Å². The van der Waals surface area contributed by atoms with E-state index in [-0.39, 0.29) is 16.0 Å². The van der Waals surface area contributed by atoms with E-state index < -0.39 is 35.9 Å². The van der Waals surface area contributed by atoms with Crippen molar-refractivity contribution < 1.29 is 19.3 Å². The van der Waals surface area contributed by atoms with Crippen molar-refractivity contribution in [3.63, 3.8) is 0 Å². The Bertz CT molecular complexity index is 852. The minimum absolute atomic E-state index is 0.0399. The number of H-pyrrole nitrogens is 1. The van der Waals surface area contributed by atoms with Crippen LogP contribution in [0.2, 0.25) is 0 Å². The van der Waals surface area contributed by atoms with E-state index in [2.05, 4.69) is 9.97 Å². The molecule has 23 heavy (non-hydrogen) atoms. The van der Waals surface area contributed by atoms with Crippen LogP contribution in [-0.4, -0.2) is 42.9 Å². The summed E-state index contributed by atoms with van der Waals surface area (Å²) in [7, 11) is 0. The summed E-state index contributed by atoms with van der Waals surface area (Å²) in [5, 5.41) is 20.3. The average molecular weight is 341 g/mol. The Balaban J connectivity index is 2.08. The SMILES string of the molecule is CCCC1OC(c2cn3c(F)cc(=O)[nH]c3nc2=S)C(O)C1O. The van der Waals surface area contributed by atoms with Crippen molar-refractivity contribution in [2.75, 3.05) is 0 Å². The highest BCUT2D eigenvalue weighted by Crippen LogP contribution is 2.35. The summed E-state index contributed by atoms with van der Waals surface area (Å²) in [4.78, 5) is 17.6. The number of hydrogen-bond acceptors (Lipinski definition) is 6. The van der Waals surface area contributed by atoms with E-state index in [1.807, 2.05) is 6.92 Å². The van der Waals surface area contributed by atoms with Gasteiger partial charge < -0.3 is 14.9 Å². The maximum Gasteiger partial charge on any atom is 0.255 e. The second-order valence-electron chi connectivity index (χ2n) is 5.52. The zero-order chi connectivity index (χ0) is 16.7. The lowest BCUT2D eigenvalue weighted by molar-refractivity contribution is 0.00221. The number of hydrogen-bond donors (Lipinski definition) is 3. The number of nitrogens with zero attached hydrogens (tertiary/aromatic N) is 2. The van der Waals surface area contributed by atoms with Crippen LogP contribution in [0.4, 0.5) is 4.39 Å². The molecule has 2 aromatic heterocycles. The van der Waals surface area contributed by atoms with Crippen LogP contribution < -0.4 is 5.56 Å². The van der Waals surface area contributed by atoms with E-state index in [1.54, 1.807) is 0 Å². The third kappa shape index (κ3) is 2.80. The molecule has 1 saturated heterocycles. The third-order valence-electron chi connectivity index (χ3n) is 3.91. The molecule has 3 rings (SSSR count). The molecule has 0 aromatic carbocycles. The molecule has 4 unspecified atom stereocenters. The Labute approximate surface area is 135 Å². The predicted molar refractivity (Wildman–Crippen MR) is 81.1 cm³/mol. The highest BCUT2D eigenvalue weighted by Gasteiger charge is 2.43. The minimum atomic E-state index is -1.18. The summed E-state index contributed by atoms with van der Waals surface area (Å²) in [6, 6.07) is 0.780. The molecular formula is C14H16FN3O4S. The number of rotatable bonds is 3. The quantitative estimate of drug-likeness (QED) is 0.565. The van der Waals surface area contributed by atoms with Crippen molar-refractivity contribution in [2.45, 2.75) is 44.2 Å². The van der Waals surface area contributed by atoms with Crippen LogP contribution in [0.25, 0.3) is 5.78 Å². The summed E-state index contributed by atoms with van der Waals surface area (Å²) < 4.78 is 20.7. The van der Waals surface area contributed by atoms with Gasteiger partial charge in [-0.25, -0.2) is 4.98 Å². The van der Waals surface area contributed by atoms with E-state index >= 15 is 0 Å². The first-order chi connectivity index (χ1) is 10.9. The molecule has 1 aliphatic heterocycles. The summed E-state index contributed by atoms with van der Waals surface area (Å²) in [6.07, 6.45) is -0.959. The monoisotopic (exact) mass is 341 g/mol. The van der Waals surface area contributed by atoms with Crippen LogP contribution in [0.5, 0.6) is 0 Å². The Kier molecular flexibility index (Phi) is 4.28. The maximum atomic E-state index is 13.9. The fourth-order valence-electron chi connectivity index (χ4n) is 2.77. The van der Waals surface area contributed by atoms with Crippen LogP contribution in [-0.2, 0) is 4.74 Å². The van der Waals surface area contributed by atoms with Gasteiger partial charge in [0.05, 0.1) is 12.2 Å². The van der Waals surface area contributed by atoms with Crippen molar-refractivity contribution >= 4 is 18.0 Å². The number of halogens is 1. The summed E-state index contributed by atoms with van der Waals surface area (Å²) in [5.74, 6) is -0.854. The van der Waals surface area contributed by atoms with Gasteiger partial charge in [0, 0.05) is 11.8 Å². The molecule has 9 heteroatoms. The predicted octanol–water partition coefficient (Wildman–Crippen LogP) is 0.853. The van der Waals surface area contributed by atoms with E-state index in [9.17, 15) is 19.4 Å². The molecule has 3 heterocycles. The largest absolute Gasteiger partial charge is 0.388 e. The number of fused-ring (bicyclic) bond motifs is 1. The van der Waals surface area contributed by atoms with Crippen molar-refractivity contribution in [3.05, 3.63) is 38.8 Å². The zero-order valence-corrected chi connectivity index (χ0v) is 13.1. The molecule has 1 aliphatic rings. The van der Waals surface area contributed by atoms with Crippen LogP contribution in [0.15, 0.2) is 17.1 Å². The van der Waals surface area contributed by atoms with Crippen molar-refractivity contribution in [2.24, 2.45) is 0 Å². The second-order valence-corrected chi connectivity index (χ2v) is 5.90. The lowest BCUT2D eigenvalue weighted by Gasteiger charge is -2.15. The van der Waals surface area contributed by atoms with Gasteiger partial charge in [-0.15, -0.1) is 0 Å². The first kappa shape index (κ1) is 16.2. The molecule has 3 N–H and O–H groups in total. The fraction of sp³-hybridized carbons (Fsp3) is 0.500. The van der Waals surface area contributed by atoms with Crippen LogP contribution in [0, 0.1) is 10.6 Å². The number of aliphatic hydroxyl groups is 2. The zero-order valence-electron chi connectivity index (χ0n) is 12.3. The standard InChI is InChI=1S/C14H16FN3O4S/c1-2-3-7-10(20)11(21)12(22-7)6-5-18-8(15)4-9(19)16-14(18)17-13(6)23/h4-5,7,10-12,20-21H,2-3H2,1H3,(H,16,17,19,23). The normalized spacial score (nSPS) is 27.7. The van der Waals surface area contributed by atoms with Crippen LogP contribution >= 0.6 is 12.2 Å². The van der Waals surface area contributed by atoms with Crippen molar-refractivity contribution in [1.29, 1.82) is 0 Å². The first-order valence-corrected chi connectivity index (χ1v) is 7.67. The molecule has 1 fully saturated rings. The van der Waals surface area contributed by atoms with Gasteiger partial charge in [-0.3, -0.25) is 14.2 Å². The van der Waals surface area contributed by atoms with Gasteiger partial charge in [0.15, 0.2) is 0 Å². The van der Waals surface area contributed by atoms with Gasteiger partial charge in [0.1, 0.15) is 23.0 Å². The molecule has 124 valence electrons. The van der Waals surface area contributed by atoms with Crippen molar-refractivity contribution in [3.8, 4) is 0 Å². The average Bonchev–Trinajstić information content (AvgIpc) is 2.75. The Hall–Kier alpha value is -1.68. The second kappa shape index (κ2) is 6.08. The van der Waals surface area contributed by atoms with E-state index in [0.717, 1.165) is 16.9 Å². The fourth-order valence-corrected chi connectivity index (χ4v) is 3.02. The molecule has 0 radical (unpaired) electrons. The van der Waals surface area contributed by atoms with Crippen LogP contribution in [0.1, 0.15) is 31.4 Å². The molecule has 0 spiro atoms. The van der Waals surface area contributed by atoms with Gasteiger partial charge >= 0.3 is 0 Å². The number of aromatic nitrogens is 3. The molecular weight excluding hydrogens is 325 g/mol. The first-order valence-electron chi connectivity index (χ1n) is 7.26. The summed E-state index contributed by atoms with van der Waals surface area (Å²) in [6.45, 7) is 1.94. The molecule has 0 aliphatic carbocycles.